The average Bonchev–Trinajstić information content (AvgIpc) is 2.83. The number of β-amino-alcohol motifs (C(OH)–C–C–N with tert-alkyl or cyclic N) is 1. The van der Waals surface area contributed by atoms with E-state index in [1.54, 1.807) is 12.1 Å². The van der Waals surface area contributed by atoms with Gasteiger partial charge in [-0.15, -0.1) is 0 Å². The summed E-state index contributed by atoms with van der Waals surface area (Å²) in [7, 11) is 0. The van der Waals surface area contributed by atoms with E-state index in [9.17, 15) is 13.9 Å². The minimum absolute atomic E-state index is 0.0787. The van der Waals surface area contributed by atoms with Crippen molar-refractivity contribution < 1.29 is 23.2 Å². The molecule has 2 heterocycles. The van der Waals surface area contributed by atoms with Crippen LogP contribution in [0.5, 0.6) is 5.75 Å². The van der Waals surface area contributed by atoms with E-state index in [2.05, 4.69) is 14.2 Å². The van der Waals surface area contributed by atoms with Gasteiger partial charge in [0.1, 0.15) is 11.4 Å². The SMILES string of the molecule is OC1(c2ccc(OC(F)F)cc2)CN(c2ccc(Cl)cc2)C2=[N+]1CCCCC2. The van der Waals surface area contributed by atoms with Gasteiger partial charge in [-0.3, -0.25) is 0 Å². The molecule has 2 aromatic rings. The second kappa shape index (κ2) is 7.68. The number of halogens is 3. The van der Waals surface area contributed by atoms with Gasteiger partial charge in [-0.05, 0) is 67.8 Å². The van der Waals surface area contributed by atoms with Crippen LogP contribution in [-0.4, -0.2) is 35.2 Å². The zero-order valence-electron chi connectivity index (χ0n) is 15.3. The van der Waals surface area contributed by atoms with Gasteiger partial charge in [-0.25, -0.2) is 9.48 Å². The number of amidine groups is 1. The highest BCUT2D eigenvalue weighted by Crippen LogP contribution is 2.36. The molecule has 2 aliphatic heterocycles. The Morgan fingerprint density at radius 2 is 1.75 bits per heavy atom. The number of alkyl halides is 2. The highest BCUT2D eigenvalue weighted by molar-refractivity contribution is 6.30. The maximum atomic E-state index is 12.4. The van der Waals surface area contributed by atoms with E-state index >= 15 is 0 Å². The molecule has 2 aliphatic rings. The molecule has 0 radical (unpaired) electrons. The summed E-state index contributed by atoms with van der Waals surface area (Å²) in [6.45, 7) is -1.77. The number of hydrogen-bond acceptors (Lipinski definition) is 3. The van der Waals surface area contributed by atoms with Gasteiger partial charge in [0, 0.05) is 17.0 Å². The molecule has 0 amide bonds. The van der Waals surface area contributed by atoms with Crippen molar-refractivity contribution in [1.29, 1.82) is 0 Å². The van der Waals surface area contributed by atoms with Crippen molar-refractivity contribution in [1.82, 2.24) is 0 Å². The van der Waals surface area contributed by atoms with Crippen LogP contribution in [0.15, 0.2) is 48.5 Å². The summed E-state index contributed by atoms with van der Waals surface area (Å²) < 4.78 is 31.4. The van der Waals surface area contributed by atoms with Crippen LogP contribution < -0.4 is 9.64 Å². The van der Waals surface area contributed by atoms with Crippen LogP contribution in [0.25, 0.3) is 0 Å². The predicted molar refractivity (Wildman–Crippen MR) is 104 cm³/mol. The van der Waals surface area contributed by atoms with Crippen LogP contribution in [0.2, 0.25) is 5.02 Å². The maximum absolute atomic E-state index is 12.4. The van der Waals surface area contributed by atoms with Crippen molar-refractivity contribution in [2.24, 2.45) is 0 Å². The lowest BCUT2D eigenvalue weighted by molar-refractivity contribution is -0.658. The third-order valence-corrected chi connectivity index (χ3v) is 5.66. The number of hydrogen-bond donors (Lipinski definition) is 1. The first kappa shape index (κ1) is 19.2. The molecular formula is C21H22ClF2N2O2+. The van der Waals surface area contributed by atoms with Crippen LogP contribution in [-0.2, 0) is 5.72 Å². The van der Waals surface area contributed by atoms with Gasteiger partial charge in [0.25, 0.3) is 11.6 Å². The summed E-state index contributed by atoms with van der Waals surface area (Å²) in [5.41, 5.74) is 0.396. The number of ether oxygens (including phenoxy) is 1. The van der Waals surface area contributed by atoms with Crippen molar-refractivity contribution in [3.8, 4) is 5.75 Å². The third-order valence-electron chi connectivity index (χ3n) is 5.41. The Balaban J connectivity index is 1.71. The molecule has 0 bridgehead atoms. The van der Waals surface area contributed by atoms with Crippen molar-refractivity contribution in [2.75, 3.05) is 18.0 Å². The fourth-order valence-electron chi connectivity index (χ4n) is 4.08. The number of nitrogens with zero attached hydrogens (tertiary/aromatic N) is 2. The molecule has 148 valence electrons. The monoisotopic (exact) mass is 407 g/mol. The van der Waals surface area contributed by atoms with E-state index in [1.807, 2.05) is 24.3 Å². The Morgan fingerprint density at radius 3 is 2.43 bits per heavy atom. The molecule has 4 rings (SSSR count). The van der Waals surface area contributed by atoms with E-state index in [-0.39, 0.29) is 5.75 Å². The molecule has 1 N–H and O–H groups in total. The smallest absolute Gasteiger partial charge is 0.387 e. The highest BCUT2D eigenvalue weighted by Gasteiger charge is 2.51. The van der Waals surface area contributed by atoms with E-state index in [0.29, 0.717) is 17.1 Å². The van der Waals surface area contributed by atoms with Gasteiger partial charge >= 0.3 is 6.61 Å². The van der Waals surface area contributed by atoms with Gasteiger partial charge in [0.15, 0.2) is 6.54 Å². The van der Waals surface area contributed by atoms with Gasteiger partial charge < -0.3 is 9.84 Å². The van der Waals surface area contributed by atoms with Gasteiger partial charge in [-0.2, -0.15) is 8.78 Å². The maximum Gasteiger partial charge on any atom is 0.387 e. The lowest BCUT2D eigenvalue weighted by atomic mass is 10.0. The largest absolute Gasteiger partial charge is 0.435 e. The Bertz CT molecular complexity index is 871. The van der Waals surface area contributed by atoms with Crippen LogP contribution in [0.3, 0.4) is 0 Å². The molecule has 1 unspecified atom stereocenters. The molecular weight excluding hydrogens is 386 g/mol. The zero-order chi connectivity index (χ0) is 19.7. The molecule has 0 fully saturated rings. The summed E-state index contributed by atoms with van der Waals surface area (Å²) in [6.07, 6.45) is 4.03. The number of aliphatic hydroxyl groups is 1. The Hall–Kier alpha value is -2.18. The predicted octanol–water partition coefficient (Wildman–Crippen LogP) is 4.59. The quantitative estimate of drug-likeness (QED) is 0.753. The average molecular weight is 408 g/mol. The Labute approximate surface area is 167 Å². The third kappa shape index (κ3) is 3.59. The van der Waals surface area contributed by atoms with E-state index < -0.39 is 12.3 Å². The minimum atomic E-state index is -2.87. The fraction of sp³-hybridized carbons (Fsp3) is 0.381. The Kier molecular flexibility index (Phi) is 5.25. The topological polar surface area (TPSA) is 35.7 Å². The minimum Gasteiger partial charge on any atom is -0.435 e. The number of rotatable bonds is 4. The van der Waals surface area contributed by atoms with Crippen LogP contribution >= 0.6 is 11.6 Å². The molecule has 7 heteroatoms. The van der Waals surface area contributed by atoms with Crippen molar-refractivity contribution in [3.63, 3.8) is 0 Å². The fourth-order valence-corrected chi connectivity index (χ4v) is 4.21. The first-order chi connectivity index (χ1) is 13.5. The zero-order valence-corrected chi connectivity index (χ0v) is 16.1. The number of benzene rings is 2. The molecule has 28 heavy (non-hydrogen) atoms. The molecule has 0 spiro atoms. The van der Waals surface area contributed by atoms with E-state index in [4.69, 9.17) is 11.6 Å². The Morgan fingerprint density at radius 1 is 1.04 bits per heavy atom. The van der Waals surface area contributed by atoms with Gasteiger partial charge in [0.05, 0.1) is 6.54 Å². The molecule has 0 aromatic heterocycles. The summed E-state index contributed by atoms with van der Waals surface area (Å²) in [5.74, 6) is 1.16. The summed E-state index contributed by atoms with van der Waals surface area (Å²) in [4.78, 5) is 2.13. The lowest BCUT2D eigenvalue weighted by Crippen LogP contribution is -2.41. The molecule has 4 nitrogen and oxygen atoms in total. The molecule has 0 saturated carbocycles. The molecule has 1 atom stereocenters. The number of anilines is 1. The van der Waals surface area contributed by atoms with Crippen molar-refractivity contribution in [3.05, 3.63) is 59.1 Å². The molecule has 2 aromatic carbocycles. The second-order valence-electron chi connectivity index (χ2n) is 7.16. The van der Waals surface area contributed by atoms with Crippen molar-refractivity contribution in [2.45, 2.75) is 38.0 Å². The van der Waals surface area contributed by atoms with E-state index in [1.165, 1.54) is 12.1 Å². The second-order valence-corrected chi connectivity index (χ2v) is 7.60. The van der Waals surface area contributed by atoms with E-state index in [0.717, 1.165) is 43.8 Å². The normalized spacial score (nSPS) is 22.4. The first-order valence-corrected chi connectivity index (χ1v) is 9.79. The van der Waals surface area contributed by atoms with Crippen molar-refractivity contribution >= 4 is 23.1 Å². The highest BCUT2D eigenvalue weighted by atomic mass is 35.5. The van der Waals surface area contributed by atoms with Gasteiger partial charge in [-0.1, -0.05) is 11.6 Å². The van der Waals surface area contributed by atoms with Crippen LogP contribution in [0.1, 0.15) is 31.2 Å². The van der Waals surface area contributed by atoms with Gasteiger partial charge in [0.2, 0.25) is 0 Å². The summed E-state index contributed by atoms with van der Waals surface area (Å²) in [5, 5.41) is 12.4. The lowest BCUT2D eigenvalue weighted by Gasteiger charge is -2.23. The molecule has 0 aliphatic carbocycles. The standard InChI is InChI=1S/C21H22ClF2N2O2/c22-16-7-9-17(10-8-16)25-14-21(27,26-13-3-1-2-4-19(25)26)15-5-11-18(12-6-15)28-20(23)24/h5-12,20,27H,1-4,13-14H2/q+1. The van der Waals surface area contributed by atoms with Crippen LogP contribution in [0, 0.1) is 0 Å². The molecule has 0 saturated heterocycles. The summed E-state index contributed by atoms with van der Waals surface area (Å²) >= 11 is 6.03. The first-order valence-electron chi connectivity index (χ1n) is 9.42. The van der Waals surface area contributed by atoms with Crippen LogP contribution in [0.4, 0.5) is 14.5 Å². The summed E-state index contributed by atoms with van der Waals surface area (Å²) in [6, 6.07) is 13.8.